The lowest BCUT2D eigenvalue weighted by molar-refractivity contribution is 0.669. The first-order valence-electron chi connectivity index (χ1n) is 6.16. The first-order chi connectivity index (χ1) is 9.38. The molecule has 1 N–H and O–H groups in total. The molecule has 2 aromatic heterocycles. The third-order valence-corrected chi connectivity index (χ3v) is 3.15. The van der Waals surface area contributed by atoms with Gasteiger partial charge in [-0.1, -0.05) is 12.1 Å². The van der Waals surface area contributed by atoms with Gasteiger partial charge in [0, 0.05) is 17.8 Å². The topological polar surface area (TPSA) is 50.7 Å². The molecule has 0 fully saturated rings. The summed E-state index contributed by atoms with van der Waals surface area (Å²) >= 11 is 0. The molecule has 1 atom stereocenters. The predicted molar refractivity (Wildman–Crippen MR) is 74.7 cm³/mol. The van der Waals surface area contributed by atoms with Crippen LogP contribution in [0.4, 0.5) is 0 Å². The van der Waals surface area contributed by atoms with E-state index in [0.717, 1.165) is 16.6 Å². The molecule has 1 aromatic carbocycles. The van der Waals surface area contributed by atoms with Crippen LogP contribution in [0, 0.1) is 0 Å². The lowest BCUT2D eigenvalue weighted by Crippen LogP contribution is -2.18. The zero-order valence-corrected chi connectivity index (χ0v) is 10.6. The molecule has 4 nitrogen and oxygen atoms in total. The van der Waals surface area contributed by atoms with Crippen molar-refractivity contribution in [2.75, 3.05) is 7.05 Å². The predicted octanol–water partition coefficient (Wildman–Crippen LogP) is 2.33. The third-order valence-electron chi connectivity index (χ3n) is 3.15. The number of benzene rings is 1. The molecule has 3 aromatic rings. The van der Waals surface area contributed by atoms with Crippen LogP contribution in [0.25, 0.3) is 10.9 Å². The molecule has 0 spiro atoms. The number of aromatic nitrogens is 3. The molecule has 94 valence electrons. The Morgan fingerprint density at radius 1 is 1.05 bits per heavy atom. The van der Waals surface area contributed by atoms with Gasteiger partial charge < -0.3 is 5.32 Å². The lowest BCUT2D eigenvalue weighted by atomic mass is 10.0. The van der Waals surface area contributed by atoms with Gasteiger partial charge in [0.2, 0.25) is 0 Å². The molecule has 0 saturated heterocycles. The van der Waals surface area contributed by atoms with Gasteiger partial charge in [-0.05, 0) is 36.9 Å². The van der Waals surface area contributed by atoms with E-state index < -0.39 is 0 Å². The van der Waals surface area contributed by atoms with E-state index in [4.69, 9.17) is 0 Å². The summed E-state index contributed by atoms with van der Waals surface area (Å²) in [6.07, 6.45) is 5.14. The van der Waals surface area contributed by atoms with Crippen molar-refractivity contribution >= 4 is 10.9 Å². The second-order valence-electron chi connectivity index (χ2n) is 4.31. The van der Waals surface area contributed by atoms with Crippen LogP contribution in [0.15, 0.2) is 55.1 Å². The number of pyridine rings is 1. The van der Waals surface area contributed by atoms with Gasteiger partial charge in [0.1, 0.15) is 6.33 Å². The standard InChI is InChI=1S/C15H14N4/c1-16-15(14-6-8-17-10-19-14)12-4-5-13-11(9-12)3-2-7-18-13/h2-10,15-16H,1H3. The van der Waals surface area contributed by atoms with E-state index in [1.165, 1.54) is 5.56 Å². The monoisotopic (exact) mass is 250 g/mol. The van der Waals surface area contributed by atoms with Crippen molar-refractivity contribution in [1.82, 2.24) is 20.3 Å². The van der Waals surface area contributed by atoms with Gasteiger partial charge >= 0.3 is 0 Å². The number of hydrogen-bond donors (Lipinski definition) is 1. The van der Waals surface area contributed by atoms with E-state index in [0.29, 0.717) is 0 Å². The van der Waals surface area contributed by atoms with Crippen LogP contribution in [-0.4, -0.2) is 22.0 Å². The normalized spacial score (nSPS) is 12.5. The average Bonchev–Trinajstić information content (AvgIpc) is 2.49. The van der Waals surface area contributed by atoms with Gasteiger partial charge in [-0.2, -0.15) is 0 Å². The summed E-state index contributed by atoms with van der Waals surface area (Å²) in [5, 5.41) is 4.42. The Labute approximate surface area is 111 Å². The fourth-order valence-corrected chi connectivity index (χ4v) is 2.23. The van der Waals surface area contributed by atoms with E-state index in [-0.39, 0.29) is 6.04 Å². The van der Waals surface area contributed by atoms with Crippen LogP contribution in [0.5, 0.6) is 0 Å². The minimum Gasteiger partial charge on any atom is -0.308 e. The SMILES string of the molecule is CNC(c1ccc2ncccc2c1)c1ccncn1. The lowest BCUT2D eigenvalue weighted by Gasteiger charge is -2.16. The van der Waals surface area contributed by atoms with E-state index >= 15 is 0 Å². The fraction of sp³-hybridized carbons (Fsp3) is 0.133. The Morgan fingerprint density at radius 3 is 2.79 bits per heavy atom. The Morgan fingerprint density at radius 2 is 2.00 bits per heavy atom. The smallest absolute Gasteiger partial charge is 0.115 e. The molecule has 0 aliphatic rings. The highest BCUT2D eigenvalue weighted by molar-refractivity contribution is 5.79. The van der Waals surface area contributed by atoms with Crippen LogP contribution in [-0.2, 0) is 0 Å². The van der Waals surface area contributed by atoms with Crippen molar-refractivity contribution in [3.05, 3.63) is 66.4 Å². The zero-order valence-electron chi connectivity index (χ0n) is 10.6. The molecule has 0 aliphatic heterocycles. The molecule has 2 heterocycles. The summed E-state index contributed by atoms with van der Waals surface area (Å²) in [4.78, 5) is 12.6. The fourth-order valence-electron chi connectivity index (χ4n) is 2.23. The summed E-state index contributed by atoms with van der Waals surface area (Å²) < 4.78 is 0. The maximum absolute atomic E-state index is 4.33. The van der Waals surface area contributed by atoms with Crippen molar-refractivity contribution in [3.63, 3.8) is 0 Å². The molecule has 0 amide bonds. The average molecular weight is 250 g/mol. The van der Waals surface area contributed by atoms with E-state index in [1.807, 2.05) is 31.4 Å². The second kappa shape index (κ2) is 5.12. The molecule has 0 aliphatic carbocycles. The van der Waals surface area contributed by atoms with Crippen LogP contribution in [0.1, 0.15) is 17.3 Å². The summed E-state index contributed by atoms with van der Waals surface area (Å²) in [7, 11) is 1.93. The number of nitrogens with one attached hydrogen (secondary N) is 1. The highest BCUT2D eigenvalue weighted by Gasteiger charge is 2.13. The van der Waals surface area contributed by atoms with Gasteiger partial charge in [0.25, 0.3) is 0 Å². The van der Waals surface area contributed by atoms with Crippen molar-refractivity contribution < 1.29 is 0 Å². The molecule has 1 unspecified atom stereocenters. The van der Waals surface area contributed by atoms with E-state index in [1.54, 1.807) is 12.5 Å². The molecule has 0 bridgehead atoms. The molecule has 0 saturated carbocycles. The van der Waals surface area contributed by atoms with Crippen molar-refractivity contribution in [2.24, 2.45) is 0 Å². The van der Waals surface area contributed by atoms with Gasteiger partial charge in [-0.15, -0.1) is 0 Å². The van der Waals surface area contributed by atoms with Gasteiger partial charge in [-0.25, -0.2) is 9.97 Å². The van der Waals surface area contributed by atoms with Crippen molar-refractivity contribution in [1.29, 1.82) is 0 Å². The van der Waals surface area contributed by atoms with Crippen molar-refractivity contribution in [2.45, 2.75) is 6.04 Å². The van der Waals surface area contributed by atoms with Crippen LogP contribution < -0.4 is 5.32 Å². The van der Waals surface area contributed by atoms with Gasteiger partial charge in [-0.3, -0.25) is 4.98 Å². The van der Waals surface area contributed by atoms with E-state index in [9.17, 15) is 0 Å². The molecule has 3 rings (SSSR count). The van der Waals surface area contributed by atoms with Crippen LogP contribution in [0.2, 0.25) is 0 Å². The molecular weight excluding hydrogens is 236 g/mol. The van der Waals surface area contributed by atoms with Crippen molar-refractivity contribution in [3.8, 4) is 0 Å². The maximum Gasteiger partial charge on any atom is 0.115 e. The quantitative estimate of drug-likeness (QED) is 0.775. The first-order valence-corrected chi connectivity index (χ1v) is 6.16. The molecule has 19 heavy (non-hydrogen) atoms. The van der Waals surface area contributed by atoms with E-state index in [2.05, 4.69) is 38.5 Å². The summed E-state index contributed by atoms with van der Waals surface area (Å²) in [6.45, 7) is 0. The molecule has 4 heteroatoms. The van der Waals surface area contributed by atoms with Gasteiger partial charge in [0.05, 0.1) is 17.3 Å². The highest BCUT2D eigenvalue weighted by Crippen LogP contribution is 2.22. The second-order valence-corrected chi connectivity index (χ2v) is 4.31. The van der Waals surface area contributed by atoms with Gasteiger partial charge in [0.15, 0.2) is 0 Å². The molecular formula is C15H14N4. The Hall–Kier alpha value is -2.33. The van der Waals surface area contributed by atoms with Crippen LogP contribution in [0.3, 0.4) is 0 Å². The number of nitrogens with zero attached hydrogens (tertiary/aromatic N) is 3. The summed E-state index contributed by atoms with van der Waals surface area (Å²) in [5.74, 6) is 0. The molecule has 0 radical (unpaired) electrons. The number of rotatable bonds is 3. The number of fused-ring (bicyclic) bond motifs is 1. The summed E-state index contributed by atoms with van der Waals surface area (Å²) in [6, 6.07) is 12.3. The summed E-state index contributed by atoms with van der Waals surface area (Å²) in [5.41, 5.74) is 3.13. The minimum absolute atomic E-state index is 0.0626. The zero-order chi connectivity index (χ0) is 13.1. The Kier molecular flexibility index (Phi) is 3.16. The largest absolute Gasteiger partial charge is 0.308 e. The number of hydrogen-bond acceptors (Lipinski definition) is 4. The highest BCUT2D eigenvalue weighted by atomic mass is 14.9. The Bertz CT molecular complexity index is 682. The third kappa shape index (κ3) is 2.30. The first kappa shape index (κ1) is 11.7. The minimum atomic E-state index is 0.0626. The maximum atomic E-state index is 4.33. The Balaban J connectivity index is 2.06. The van der Waals surface area contributed by atoms with Crippen LogP contribution >= 0.6 is 0 Å².